The number of aromatic nitrogens is 2. The Labute approximate surface area is 113 Å². The molecule has 1 aromatic rings. The van der Waals surface area contributed by atoms with Gasteiger partial charge in [0.15, 0.2) is 0 Å². The van der Waals surface area contributed by atoms with Crippen molar-refractivity contribution >= 4 is 17.4 Å². The monoisotopic (exact) mass is 270 g/mol. The van der Waals surface area contributed by atoms with Crippen molar-refractivity contribution < 1.29 is 4.74 Å². The van der Waals surface area contributed by atoms with Crippen LogP contribution in [0.2, 0.25) is 5.15 Å². The van der Waals surface area contributed by atoms with Gasteiger partial charge in [0.05, 0.1) is 25.6 Å². The van der Waals surface area contributed by atoms with E-state index in [4.69, 9.17) is 16.3 Å². The van der Waals surface area contributed by atoms with Crippen molar-refractivity contribution in [2.24, 2.45) is 0 Å². The van der Waals surface area contributed by atoms with Gasteiger partial charge in [0, 0.05) is 25.2 Å². The fourth-order valence-electron chi connectivity index (χ4n) is 2.19. The minimum Gasteiger partial charge on any atom is -0.379 e. The lowest BCUT2D eigenvalue weighted by molar-refractivity contribution is -0.0159. The third-order valence-electron chi connectivity index (χ3n) is 3.17. The summed E-state index contributed by atoms with van der Waals surface area (Å²) in [7, 11) is 0. The molecular formula is C12H19ClN4O. The molecule has 1 aliphatic rings. The highest BCUT2D eigenvalue weighted by molar-refractivity contribution is 6.29. The van der Waals surface area contributed by atoms with Crippen molar-refractivity contribution in [1.29, 1.82) is 0 Å². The second-order valence-electron chi connectivity index (χ2n) is 4.62. The van der Waals surface area contributed by atoms with Gasteiger partial charge >= 0.3 is 0 Å². The van der Waals surface area contributed by atoms with Gasteiger partial charge in [0.25, 0.3) is 0 Å². The molecule has 6 heteroatoms. The van der Waals surface area contributed by atoms with Gasteiger partial charge in [0.2, 0.25) is 0 Å². The Bertz CT molecular complexity index is 390. The number of hydrogen-bond donors (Lipinski definition) is 1. The fourth-order valence-corrected chi connectivity index (χ4v) is 2.34. The molecule has 0 spiro atoms. The van der Waals surface area contributed by atoms with E-state index in [9.17, 15) is 0 Å². The Morgan fingerprint density at radius 1 is 1.61 bits per heavy atom. The molecular weight excluding hydrogens is 252 g/mol. The maximum absolute atomic E-state index is 5.79. The van der Waals surface area contributed by atoms with E-state index < -0.39 is 0 Å². The molecule has 1 aliphatic heterocycles. The minimum absolute atomic E-state index is 0.410. The number of nitrogens with zero attached hydrogens (tertiary/aromatic N) is 3. The average molecular weight is 271 g/mol. The third kappa shape index (κ3) is 3.54. The zero-order valence-electron chi connectivity index (χ0n) is 10.8. The van der Waals surface area contributed by atoms with Crippen molar-refractivity contribution in [2.75, 3.05) is 31.6 Å². The Balaban J connectivity index is 1.85. The van der Waals surface area contributed by atoms with Crippen molar-refractivity contribution in [3.05, 3.63) is 17.5 Å². The fraction of sp³-hybridized carbons (Fsp3) is 0.667. The van der Waals surface area contributed by atoms with Gasteiger partial charge in [-0.25, -0.2) is 4.98 Å². The van der Waals surface area contributed by atoms with Crippen LogP contribution in [0.4, 0.5) is 5.82 Å². The van der Waals surface area contributed by atoms with Crippen LogP contribution in [0.5, 0.6) is 0 Å². The largest absolute Gasteiger partial charge is 0.379 e. The van der Waals surface area contributed by atoms with E-state index in [1.807, 2.05) is 0 Å². The van der Waals surface area contributed by atoms with Crippen LogP contribution in [-0.2, 0) is 4.74 Å². The van der Waals surface area contributed by atoms with Crippen LogP contribution >= 0.6 is 11.6 Å². The molecule has 18 heavy (non-hydrogen) atoms. The standard InChI is InChI=1S/C12H19ClN4O/c1-9(17-3-4-18-8-10(17)2)5-15-12-7-14-6-11(13)16-12/h6-7,9-10H,3-5,8H2,1-2H3,(H,15,16)/t9-,10-/m0/s1. The number of halogens is 1. The van der Waals surface area contributed by atoms with E-state index in [2.05, 4.69) is 34.0 Å². The van der Waals surface area contributed by atoms with E-state index in [1.54, 1.807) is 6.20 Å². The molecule has 0 unspecified atom stereocenters. The second-order valence-corrected chi connectivity index (χ2v) is 5.01. The van der Waals surface area contributed by atoms with Crippen LogP contribution in [0.25, 0.3) is 0 Å². The minimum atomic E-state index is 0.410. The maximum Gasteiger partial charge on any atom is 0.149 e. The third-order valence-corrected chi connectivity index (χ3v) is 3.35. The molecule has 5 nitrogen and oxygen atoms in total. The number of nitrogens with one attached hydrogen (secondary N) is 1. The van der Waals surface area contributed by atoms with Gasteiger partial charge in [-0.3, -0.25) is 9.88 Å². The normalized spacial score (nSPS) is 22.7. The van der Waals surface area contributed by atoms with E-state index in [1.165, 1.54) is 6.20 Å². The molecule has 2 atom stereocenters. The van der Waals surface area contributed by atoms with E-state index >= 15 is 0 Å². The van der Waals surface area contributed by atoms with Crippen molar-refractivity contribution in [3.8, 4) is 0 Å². The molecule has 0 aliphatic carbocycles. The van der Waals surface area contributed by atoms with Crippen LogP contribution < -0.4 is 5.32 Å². The first-order valence-corrected chi connectivity index (χ1v) is 6.59. The lowest BCUT2D eigenvalue weighted by Crippen LogP contribution is -2.50. The van der Waals surface area contributed by atoms with Gasteiger partial charge in [0.1, 0.15) is 11.0 Å². The number of ether oxygens (including phenoxy) is 1. The highest BCUT2D eigenvalue weighted by atomic mass is 35.5. The number of hydrogen-bond acceptors (Lipinski definition) is 5. The smallest absolute Gasteiger partial charge is 0.149 e. The summed E-state index contributed by atoms with van der Waals surface area (Å²) in [6, 6.07) is 0.880. The van der Waals surface area contributed by atoms with E-state index in [-0.39, 0.29) is 0 Å². The first-order chi connectivity index (χ1) is 8.66. The zero-order valence-corrected chi connectivity index (χ0v) is 11.5. The van der Waals surface area contributed by atoms with Crippen molar-refractivity contribution in [1.82, 2.24) is 14.9 Å². The van der Waals surface area contributed by atoms with Crippen molar-refractivity contribution in [2.45, 2.75) is 25.9 Å². The molecule has 1 fully saturated rings. The lowest BCUT2D eigenvalue weighted by atomic mass is 10.2. The summed E-state index contributed by atoms with van der Waals surface area (Å²) in [5.74, 6) is 0.718. The maximum atomic E-state index is 5.79. The van der Waals surface area contributed by atoms with Gasteiger partial charge < -0.3 is 10.1 Å². The summed E-state index contributed by atoms with van der Waals surface area (Å²) < 4.78 is 5.44. The molecule has 1 N–H and O–H groups in total. The number of anilines is 1. The number of rotatable bonds is 4. The van der Waals surface area contributed by atoms with Crippen LogP contribution in [0.3, 0.4) is 0 Å². The highest BCUT2D eigenvalue weighted by Gasteiger charge is 2.23. The van der Waals surface area contributed by atoms with Crippen molar-refractivity contribution in [3.63, 3.8) is 0 Å². The van der Waals surface area contributed by atoms with Crippen LogP contribution in [0, 0.1) is 0 Å². The summed E-state index contributed by atoms with van der Waals surface area (Å²) in [5, 5.41) is 3.67. The highest BCUT2D eigenvalue weighted by Crippen LogP contribution is 2.12. The summed E-state index contributed by atoms with van der Waals surface area (Å²) >= 11 is 5.79. The molecule has 0 bridgehead atoms. The second kappa shape index (κ2) is 6.31. The Morgan fingerprint density at radius 3 is 3.17 bits per heavy atom. The van der Waals surface area contributed by atoms with Crippen LogP contribution in [0.15, 0.2) is 12.4 Å². The lowest BCUT2D eigenvalue weighted by Gasteiger charge is -2.37. The Hall–Kier alpha value is -0.910. The summed E-state index contributed by atoms with van der Waals surface area (Å²) in [6.45, 7) is 7.80. The summed E-state index contributed by atoms with van der Waals surface area (Å²) in [4.78, 5) is 10.6. The molecule has 1 aromatic heterocycles. The average Bonchev–Trinajstić information content (AvgIpc) is 2.37. The summed E-state index contributed by atoms with van der Waals surface area (Å²) in [5.41, 5.74) is 0. The van der Waals surface area contributed by atoms with Crippen LogP contribution in [0.1, 0.15) is 13.8 Å². The first-order valence-electron chi connectivity index (χ1n) is 6.21. The molecule has 0 saturated carbocycles. The van der Waals surface area contributed by atoms with Crippen LogP contribution in [-0.4, -0.2) is 53.3 Å². The molecule has 2 heterocycles. The molecule has 1 saturated heterocycles. The quantitative estimate of drug-likeness (QED) is 0.902. The Kier molecular flexibility index (Phi) is 4.74. The molecule has 0 radical (unpaired) electrons. The molecule has 100 valence electrons. The van der Waals surface area contributed by atoms with Gasteiger partial charge in [-0.05, 0) is 13.8 Å². The zero-order chi connectivity index (χ0) is 13.0. The predicted octanol–water partition coefficient (Wildman–Crippen LogP) is 1.65. The van der Waals surface area contributed by atoms with E-state index in [0.717, 1.165) is 32.1 Å². The SMILES string of the molecule is C[C@@H](CNc1cncc(Cl)n1)N1CCOC[C@@H]1C. The molecule has 0 aromatic carbocycles. The Morgan fingerprint density at radius 2 is 2.44 bits per heavy atom. The van der Waals surface area contributed by atoms with E-state index in [0.29, 0.717) is 17.2 Å². The first kappa shape index (κ1) is 13.5. The summed E-state index contributed by atoms with van der Waals surface area (Å²) in [6.07, 6.45) is 3.21. The number of morpholine rings is 1. The van der Waals surface area contributed by atoms with Gasteiger partial charge in [-0.1, -0.05) is 11.6 Å². The predicted molar refractivity (Wildman–Crippen MR) is 72.0 cm³/mol. The van der Waals surface area contributed by atoms with Gasteiger partial charge in [-0.15, -0.1) is 0 Å². The van der Waals surface area contributed by atoms with Gasteiger partial charge in [-0.2, -0.15) is 0 Å². The topological polar surface area (TPSA) is 50.3 Å². The molecule has 2 rings (SSSR count). The molecule has 0 amide bonds.